The van der Waals surface area contributed by atoms with Gasteiger partial charge in [-0.05, 0) is 37.5 Å². The summed E-state index contributed by atoms with van der Waals surface area (Å²) in [6, 6.07) is 4.15. The number of pyridine rings is 1. The molecule has 5 heteroatoms. The van der Waals surface area contributed by atoms with Crippen LogP contribution in [0.25, 0.3) is 0 Å². The van der Waals surface area contributed by atoms with Gasteiger partial charge in [0, 0.05) is 24.5 Å². The Hall–Kier alpha value is -0.940. The SMILES string of the molecule is C[C@@H](NC1CCCS(=O)(=O)C1)c1ccncc1. The average molecular weight is 254 g/mol. The second-order valence-electron chi connectivity index (χ2n) is 4.62. The van der Waals surface area contributed by atoms with E-state index in [2.05, 4.69) is 17.2 Å². The molecule has 0 spiro atoms. The van der Waals surface area contributed by atoms with Crippen molar-refractivity contribution < 1.29 is 8.42 Å². The third-order valence-corrected chi connectivity index (χ3v) is 4.98. The molecule has 2 atom stereocenters. The number of nitrogens with one attached hydrogen (secondary N) is 1. The predicted octanol–water partition coefficient (Wildman–Crippen LogP) is 1.31. The lowest BCUT2D eigenvalue weighted by atomic mass is 10.1. The first-order valence-corrected chi connectivity index (χ1v) is 7.75. The summed E-state index contributed by atoms with van der Waals surface area (Å²) in [6.07, 6.45) is 5.22. The number of aromatic nitrogens is 1. The molecule has 1 unspecified atom stereocenters. The fraction of sp³-hybridized carbons (Fsp3) is 0.583. The minimum absolute atomic E-state index is 0.0805. The molecule has 4 nitrogen and oxygen atoms in total. The van der Waals surface area contributed by atoms with Gasteiger partial charge in [0.25, 0.3) is 0 Å². The second kappa shape index (κ2) is 5.14. The van der Waals surface area contributed by atoms with Crippen molar-refractivity contribution in [1.29, 1.82) is 0 Å². The first kappa shape index (κ1) is 12.5. The van der Waals surface area contributed by atoms with Gasteiger partial charge in [0.1, 0.15) is 0 Å². The molecule has 1 saturated heterocycles. The quantitative estimate of drug-likeness (QED) is 0.883. The molecule has 0 radical (unpaired) electrons. The molecule has 0 aromatic carbocycles. The van der Waals surface area contributed by atoms with E-state index in [1.807, 2.05) is 12.1 Å². The molecule has 0 aliphatic carbocycles. The van der Waals surface area contributed by atoms with Crippen molar-refractivity contribution in [2.24, 2.45) is 0 Å². The normalized spacial score (nSPS) is 25.4. The topological polar surface area (TPSA) is 59.1 Å². The van der Waals surface area contributed by atoms with E-state index in [4.69, 9.17) is 0 Å². The lowest BCUT2D eigenvalue weighted by Gasteiger charge is -2.26. The van der Waals surface area contributed by atoms with E-state index in [0.29, 0.717) is 5.75 Å². The van der Waals surface area contributed by atoms with Crippen LogP contribution in [0.1, 0.15) is 31.4 Å². The Morgan fingerprint density at radius 3 is 2.76 bits per heavy atom. The Bertz CT molecular complexity index is 459. The van der Waals surface area contributed by atoms with Crippen molar-refractivity contribution in [3.63, 3.8) is 0 Å². The van der Waals surface area contributed by atoms with Crippen molar-refractivity contribution in [2.45, 2.75) is 31.8 Å². The van der Waals surface area contributed by atoms with Gasteiger partial charge in [-0.2, -0.15) is 0 Å². The Labute approximate surface area is 102 Å². The Balaban J connectivity index is 1.97. The molecule has 1 aliphatic heterocycles. The maximum atomic E-state index is 11.5. The summed E-state index contributed by atoms with van der Waals surface area (Å²) in [5, 5.41) is 3.38. The highest BCUT2D eigenvalue weighted by Crippen LogP contribution is 2.17. The Morgan fingerprint density at radius 2 is 2.12 bits per heavy atom. The van der Waals surface area contributed by atoms with Crippen LogP contribution in [0.4, 0.5) is 0 Å². The predicted molar refractivity (Wildman–Crippen MR) is 67.5 cm³/mol. The zero-order valence-corrected chi connectivity index (χ0v) is 10.8. The largest absolute Gasteiger partial charge is 0.306 e. The standard InChI is InChI=1S/C12H18N2O2S/c1-10(11-4-6-13-7-5-11)14-12-3-2-8-17(15,16)9-12/h4-7,10,12,14H,2-3,8-9H2,1H3/t10-,12?/m1/s1. The van der Waals surface area contributed by atoms with Gasteiger partial charge in [-0.25, -0.2) is 8.42 Å². The molecule has 1 aromatic heterocycles. The number of hydrogen-bond donors (Lipinski definition) is 1. The van der Waals surface area contributed by atoms with E-state index >= 15 is 0 Å². The third-order valence-electron chi connectivity index (χ3n) is 3.15. The fourth-order valence-electron chi connectivity index (χ4n) is 2.26. The fourth-order valence-corrected chi connectivity index (χ4v) is 3.91. The molecule has 94 valence electrons. The maximum Gasteiger partial charge on any atom is 0.151 e. The Kier molecular flexibility index (Phi) is 3.79. The highest BCUT2D eigenvalue weighted by Gasteiger charge is 2.25. The lowest BCUT2D eigenvalue weighted by molar-refractivity contribution is 0.437. The summed E-state index contributed by atoms with van der Waals surface area (Å²) in [7, 11) is -2.83. The molecule has 1 fully saturated rings. The summed E-state index contributed by atoms with van der Waals surface area (Å²) < 4.78 is 23.1. The number of sulfone groups is 1. The van der Waals surface area contributed by atoms with Crippen molar-refractivity contribution in [1.82, 2.24) is 10.3 Å². The zero-order chi connectivity index (χ0) is 12.3. The van der Waals surface area contributed by atoms with E-state index < -0.39 is 9.84 Å². The smallest absolute Gasteiger partial charge is 0.151 e. The molecule has 0 bridgehead atoms. The first-order valence-electron chi connectivity index (χ1n) is 5.93. The van der Waals surface area contributed by atoms with Crippen molar-refractivity contribution in [3.05, 3.63) is 30.1 Å². The molecular formula is C12H18N2O2S. The van der Waals surface area contributed by atoms with Crippen LogP contribution in [-0.4, -0.2) is 30.9 Å². The molecule has 1 aromatic rings. The number of nitrogens with zero attached hydrogens (tertiary/aromatic N) is 1. The lowest BCUT2D eigenvalue weighted by Crippen LogP contribution is -2.41. The molecule has 1 aliphatic rings. The summed E-state index contributed by atoms with van der Waals surface area (Å²) in [5.41, 5.74) is 1.14. The van der Waals surface area contributed by atoms with Crippen LogP contribution >= 0.6 is 0 Å². The van der Waals surface area contributed by atoms with Gasteiger partial charge in [0.2, 0.25) is 0 Å². The monoisotopic (exact) mass is 254 g/mol. The number of hydrogen-bond acceptors (Lipinski definition) is 4. The van der Waals surface area contributed by atoms with Crippen LogP contribution in [0.5, 0.6) is 0 Å². The zero-order valence-electron chi connectivity index (χ0n) is 9.96. The molecule has 17 heavy (non-hydrogen) atoms. The minimum Gasteiger partial charge on any atom is -0.306 e. The highest BCUT2D eigenvalue weighted by molar-refractivity contribution is 7.91. The van der Waals surface area contributed by atoms with E-state index in [-0.39, 0.29) is 17.8 Å². The highest BCUT2D eigenvalue weighted by atomic mass is 32.2. The summed E-state index contributed by atoms with van der Waals surface area (Å²) in [5.74, 6) is 0.608. The molecular weight excluding hydrogens is 236 g/mol. The maximum absolute atomic E-state index is 11.5. The van der Waals surface area contributed by atoms with Crippen LogP contribution in [0.3, 0.4) is 0 Å². The van der Waals surface area contributed by atoms with Crippen LogP contribution in [0.15, 0.2) is 24.5 Å². The van der Waals surface area contributed by atoms with Gasteiger partial charge in [0.05, 0.1) is 11.5 Å². The van der Waals surface area contributed by atoms with Crippen molar-refractivity contribution >= 4 is 9.84 Å². The van der Waals surface area contributed by atoms with E-state index in [0.717, 1.165) is 18.4 Å². The van der Waals surface area contributed by atoms with Gasteiger partial charge < -0.3 is 5.32 Å². The first-order chi connectivity index (χ1) is 8.07. The average Bonchev–Trinajstić information content (AvgIpc) is 2.29. The van der Waals surface area contributed by atoms with Crippen LogP contribution < -0.4 is 5.32 Å². The van der Waals surface area contributed by atoms with Crippen LogP contribution in [0, 0.1) is 0 Å². The van der Waals surface area contributed by atoms with Gasteiger partial charge in [-0.15, -0.1) is 0 Å². The molecule has 1 N–H and O–H groups in total. The Morgan fingerprint density at radius 1 is 1.41 bits per heavy atom. The molecule has 2 heterocycles. The van der Waals surface area contributed by atoms with Gasteiger partial charge in [-0.3, -0.25) is 4.98 Å². The third kappa shape index (κ3) is 3.51. The second-order valence-corrected chi connectivity index (χ2v) is 6.85. The minimum atomic E-state index is -2.83. The summed E-state index contributed by atoms with van der Waals surface area (Å²) >= 11 is 0. The summed E-state index contributed by atoms with van der Waals surface area (Å²) in [6.45, 7) is 2.05. The van der Waals surface area contributed by atoms with E-state index in [9.17, 15) is 8.42 Å². The van der Waals surface area contributed by atoms with Crippen molar-refractivity contribution in [2.75, 3.05) is 11.5 Å². The van der Waals surface area contributed by atoms with Gasteiger partial charge in [-0.1, -0.05) is 0 Å². The summed E-state index contributed by atoms with van der Waals surface area (Å²) in [4.78, 5) is 3.97. The molecule has 0 amide bonds. The number of rotatable bonds is 3. The van der Waals surface area contributed by atoms with Crippen molar-refractivity contribution in [3.8, 4) is 0 Å². The van der Waals surface area contributed by atoms with Crippen LogP contribution in [-0.2, 0) is 9.84 Å². The van der Waals surface area contributed by atoms with Gasteiger partial charge >= 0.3 is 0 Å². The molecule has 2 rings (SSSR count). The van der Waals surface area contributed by atoms with Crippen LogP contribution in [0.2, 0.25) is 0 Å². The van der Waals surface area contributed by atoms with E-state index in [1.54, 1.807) is 12.4 Å². The van der Waals surface area contributed by atoms with E-state index in [1.165, 1.54) is 0 Å². The molecule has 0 saturated carbocycles. The van der Waals surface area contributed by atoms with Gasteiger partial charge in [0.15, 0.2) is 9.84 Å².